The first-order valence-corrected chi connectivity index (χ1v) is 17.4. The van der Waals surface area contributed by atoms with E-state index >= 15 is 0 Å². The molecule has 2 atom stereocenters. The Kier molecular flexibility index (Phi) is 13.7. The van der Waals surface area contributed by atoms with Gasteiger partial charge in [-0.2, -0.15) is 11.1 Å². The van der Waals surface area contributed by atoms with Gasteiger partial charge in [0.05, 0.1) is 16.1 Å². The smallest absolute Gasteiger partial charge is 1.00 e. The van der Waals surface area contributed by atoms with Crippen molar-refractivity contribution in [2.24, 2.45) is 0 Å². The van der Waals surface area contributed by atoms with Crippen LogP contribution in [0.15, 0.2) is 34.9 Å². The number of hydrogen-bond donors (Lipinski definition) is 0. The summed E-state index contributed by atoms with van der Waals surface area (Å²) in [7, 11) is -3.22. The molecule has 32 heavy (non-hydrogen) atoms. The molecule has 0 aliphatic heterocycles. The quantitative estimate of drug-likeness (QED) is 0.295. The maximum atomic E-state index is 4.06. The van der Waals surface area contributed by atoms with Crippen LogP contribution in [0, 0.1) is 13.0 Å². The molecular weight excluding hydrogens is 523 g/mol. The third-order valence-corrected chi connectivity index (χ3v) is 16.6. The Hall–Kier alpha value is 0.718. The predicted octanol–water partition coefficient (Wildman–Crippen LogP) is -1.97. The SMILES string of the molecule is CC1=[C-]C(C)([Si](C)(c2cc(C)cc([Si](C)(C)C)c2)C2CCCCC2)C(C)=C1C.[Cl-].[Cl-].[Cl-].[Ti+4]. The second-order valence-electron chi connectivity index (χ2n) is 11.0. The first kappa shape index (κ1) is 34.9. The van der Waals surface area contributed by atoms with Crippen LogP contribution in [0.5, 0.6) is 0 Å². The van der Waals surface area contributed by atoms with E-state index in [0.717, 1.165) is 5.54 Å². The first-order valence-electron chi connectivity index (χ1n) is 11.3. The van der Waals surface area contributed by atoms with Gasteiger partial charge in [-0.05, 0) is 12.5 Å². The Morgan fingerprint density at radius 1 is 0.812 bits per heavy atom. The van der Waals surface area contributed by atoms with Crippen molar-refractivity contribution in [2.75, 3.05) is 0 Å². The number of allylic oxidation sites excluding steroid dienone is 4. The number of hydrogen-bond acceptors (Lipinski definition) is 0. The van der Waals surface area contributed by atoms with Crippen molar-refractivity contribution in [1.82, 2.24) is 0 Å². The zero-order chi connectivity index (χ0) is 20.9. The van der Waals surface area contributed by atoms with Crippen molar-refractivity contribution in [1.29, 1.82) is 0 Å². The van der Waals surface area contributed by atoms with Crippen LogP contribution in [0.4, 0.5) is 0 Å². The fourth-order valence-corrected chi connectivity index (χ4v) is 13.1. The van der Waals surface area contributed by atoms with Crippen LogP contribution in [-0.4, -0.2) is 16.1 Å². The van der Waals surface area contributed by atoms with Gasteiger partial charge in [-0.15, -0.1) is 6.92 Å². The third-order valence-electron chi connectivity index (χ3n) is 8.32. The Balaban J connectivity index is 0. The fourth-order valence-electron chi connectivity index (χ4n) is 5.87. The van der Waals surface area contributed by atoms with Crippen LogP contribution in [0.3, 0.4) is 0 Å². The molecule has 2 aliphatic rings. The molecule has 0 spiro atoms. The van der Waals surface area contributed by atoms with E-state index in [2.05, 4.69) is 85.1 Å². The van der Waals surface area contributed by atoms with Crippen molar-refractivity contribution in [3.8, 4) is 0 Å². The van der Waals surface area contributed by atoms with E-state index in [1.165, 1.54) is 48.8 Å². The van der Waals surface area contributed by atoms with E-state index < -0.39 is 16.1 Å². The van der Waals surface area contributed by atoms with Gasteiger partial charge in [0.1, 0.15) is 0 Å². The molecule has 0 heterocycles. The zero-order valence-electron chi connectivity index (χ0n) is 21.5. The van der Waals surface area contributed by atoms with E-state index in [1.54, 1.807) is 15.9 Å². The second kappa shape index (κ2) is 12.6. The number of rotatable bonds is 4. The average Bonchev–Trinajstić information content (AvgIpc) is 2.84. The fraction of sp³-hybridized carbons (Fsp3) is 0.615. The Morgan fingerprint density at radius 2 is 1.31 bits per heavy atom. The average molecular weight is 564 g/mol. The van der Waals surface area contributed by atoms with Crippen molar-refractivity contribution in [3.63, 3.8) is 0 Å². The van der Waals surface area contributed by atoms with Crippen molar-refractivity contribution >= 4 is 26.5 Å². The molecule has 6 heteroatoms. The summed E-state index contributed by atoms with van der Waals surface area (Å²) in [5.41, 5.74) is 6.82. The third kappa shape index (κ3) is 6.09. The van der Waals surface area contributed by atoms with E-state index in [1.807, 2.05) is 0 Å². The van der Waals surface area contributed by atoms with Gasteiger partial charge in [-0.1, -0.05) is 118 Å². The molecule has 1 aromatic rings. The summed E-state index contributed by atoms with van der Waals surface area (Å²) in [4.78, 5) is 0. The Labute approximate surface area is 234 Å². The normalized spacial score (nSPS) is 23.1. The maximum Gasteiger partial charge on any atom is 4.00 e. The van der Waals surface area contributed by atoms with Gasteiger partial charge < -0.3 is 37.2 Å². The second-order valence-corrected chi connectivity index (χ2v) is 20.9. The molecule has 0 nitrogen and oxygen atoms in total. The summed E-state index contributed by atoms with van der Waals surface area (Å²) in [5, 5.41) is 3.46. The van der Waals surface area contributed by atoms with E-state index in [4.69, 9.17) is 0 Å². The van der Waals surface area contributed by atoms with Gasteiger partial charge in [-0.25, -0.2) is 5.57 Å². The minimum atomic E-state index is -1.87. The molecule has 2 unspecified atom stereocenters. The standard InChI is InChI=1S/C26H41Si2.3ClH.Ti/c1-19-15-24(27(6,7)8)17-25(16-19)28(9,23-13-11-10-12-14-23)26(5)18-20(2)21(3)22(26)4;;;;/h15-17,23H,10-14H2,1-9H3;3*1H;/q-1;;;;+4/p-3. The van der Waals surface area contributed by atoms with Crippen LogP contribution in [0.25, 0.3) is 0 Å². The molecule has 0 aromatic heterocycles. The van der Waals surface area contributed by atoms with Gasteiger partial charge >= 0.3 is 21.7 Å². The van der Waals surface area contributed by atoms with Crippen molar-refractivity contribution < 1.29 is 58.9 Å². The summed E-state index contributed by atoms with van der Waals surface area (Å²) in [6.07, 6.45) is 11.2. The molecule has 1 fully saturated rings. The molecule has 0 radical (unpaired) electrons. The van der Waals surface area contributed by atoms with Gasteiger partial charge in [0, 0.05) is 0 Å². The van der Waals surface area contributed by atoms with Crippen molar-refractivity contribution in [2.45, 2.75) is 103 Å². The molecule has 0 N–H and O–H groups in total. The molecular formula is C26H41Cl3Si2Ti. The topological polar surface area (TPSA) is 0 Å². The minimum absolute atomic E-state index is 0. The zero-order valence-corrected chi connectivity index (χ0v) is 27.3. The largest absolute Gasteiger partial charge is 4.00 e. The van der Waals surface area contributed by atoms with Gasteiger partial charge in [0.15, 0.2) is 0 Å². The molecule has 0 saturated heterocycles. The Morgan fingerprint density at radius 3 is 1.75 bits per heavy atom. The molecule has 1 aromatic carbocycles. The van der Waals surface area contributed by atoms with E-state index in [9.17, 15) is 0 Å². The predicted molar refractivity (Wildman–Crippen MR) is 131 cm³/mol. The summed E-state index contributed by atoms with van der Waals surface area (Å²) in [6, 6.07) is 7.69. The molecule has 178 valence electrons. The number of aryl methyl sites for hydroxylation is 1. The summed E-state index contributed by atoms with van der Waals surface area (Å²) < 4.78 is 0. The van der Waals surface area contributed by atoms with Crippen LogP contribution < -0.4 is 47.6 Å². The number of halogens is 3. The van der Waals surface area contributed by atoms with E-state index in [0.29, 0.717) is 0 Å². The van der Waals surface area contributed by atoms with Crippen LogP contribution in [-0.2, 0) is 21.7 Å². The Bertz CT molecular complexity index is 838. The summed E-state index contributed by atoms with van der Waals surface area (Å²) in [6.45, 7) is 22.1. The summed E-state index contributed by atoms with van der Waals surface area (Å²) >= 11 is 0. The molecule has 2 aliphatic carbocycles. The molecule has 0 bridgehead atoms. The van der Waals surface area contributed by atoms with Crippen LogP contribution >= 0.6 is 0 Å². The summed E-state index contributed by atoms with van der Waals surface area (Å²) in [5.74, 6) is 0. The monoisotopic (exact) mass is 562 g/mol. The van der Waals surface area contributed by atoms with E-state index in [-0.39, 0.29) is 64.0 Å². The van der Waals surface area contributed by atoms with Gasteiger partial charge in [0.2, 0.25) is 0 Å². The van der Waals surface area contributed by atoms with Gasteiger partial charge in [-0.3, -0.25) is 6.08 Å². The maximum absolute atomic E-state index is 4.06. The molecule has 0 amide bonds. The van der Waals surface area contributed by atoms with Crippen molar-refractivity contribution in [3.05, 3.63) is 46.6 Å². The number of benzene rings is 1. The first-order chi connectivity index (χ1) is 12.9. The van der Waals surface area contributed by atoms with Gasteiger partial charge in [0.25, 0.3) is 0 Å². The molecule has 3 rings (SSSR count). The van der Waals surface area contributed by atoms with Crippen LogP contribution in [0.1, 0.15) is 65.4 Å². The van der Waals surface area contributed by atoms with Crippen LogP contribution in [0.2, 0.25) is 36.8 Å². The molecule has 1 saturated carbocycles. The minimum Gasteiger partial charge on any atom is -1.00 e.